The second kappa shape index (κ2) is 5.23. The first-order valence-electron chi connectivity index (χ1n) is 6.12. The van der Waals surface area contributed by atoms with E-state index in [1.54, 1.807) is 0 Å². The number of ether oxygens (including phenoxy) is 1. The van der Waals surface area contributed by atoms with Crippen molar-refractivity contribution in [2.45, 2.75) is 26.1 Å². The van der Waals surface area contributed by atoms with E-state index in [-0.39, 0.29) is 5.60 Å². The number of hydrogen-bond acceptors (Lipinski definition) is 2. The predicted octanol–water partition coefficient (Wildman–Crippen LogP) is 3.72. The number of hydrogen-bond donors (Lipinski definition) is 1. The summed E-state index contributed by atoms with van der Waals surface area (Å²) in [5, 5.41) is 0. The van der Waals surface area contributed by atoms with Gasteiger partial charge in [-0.3, -0.25) is 0 Å². The monoisotopic (exact) mass is 241 g/mol. The fourth-order valence-electron chi connectivity index (χ4n) is 1.81. The topological polar surface area (TPSA) is 35.2 Å². The molecule has 18 heavy (non-hydrogen) atoms. The summed E-state index contributed by atoms with van der Waals surface area (Å²) >= 11 is 0. The largest absolute Gasteiger partial charge is 0.399 e. The van der Waals surface area contributed by atoms with E-state index in [1.807, 2.05) is 42.5 Å². The van der Waals surface area contributed by atoms with E-state index < -0.39 is 0 Å². The lowest BCUT2D eigenvalue weighted by atomic mass is 9.98. The minimum absolute atomic E-state index is 0.316. The molecule has 2 aromatic carbocycles. The molecule has 0 bridgehead atoms. The van der Waals surface area contributed by atoms with Gasteiger partial charge in [0.05, 0.1) is 12.2 Å². The summed E-state index contributed by atoms with van der Waals surface area (Å²) in [6, 6.07) is 18.0. The molecule has 0 aromatic heterocycles. The Morgan fingerprint density at radius 2 is 1.56 bits per heavy atom. The van der Waals surface area contributed by atoms with E-state index in [1.165, 1.54) is 5.56 Å². The first-order chi connectivity index (χ1) is 8.58. The van der Waals surface area contributed by atoms with Crippen LogP contribution in [0, 0.1) is 0 Å². The van der Waals surface area contributed by atoms with Crippen LogP contribution in [0.4, 0.5) is 5.69 Å². The molecule has 0 unspecified atom stereocenters. The van der Waals surface area contributed by atoms with Crippen molar-refractivity contribution in [3.8, 4) is 0 Å². The summed E-state index contributed by atoms with van der Waals surface area (Å²) in [6.45, 7) is 4.75. The van der Waals surface area contributed by atoms with Crippen LogP contribution >= 0.6 is 0 Å². The van der Waals surface area contributed by atoms with Gasteiger partial charge in [0, 0.05) is 5.69 Å². The van der Waals surface area contributed by atoms with E-state index >= 15 is 0 Å². The molecule has 0 saturated carbocycles. The Bertz CT molecular complexity index is 488. The maximum Gasteiger partial charge on any atom is 0.0879 e. The van der Waals surface area contributed by atoms with E-state index in [9.17, 15) is 0 Å². The number of benzene rings is 2. The lowest BCUT2D eigenvalue weighted by Gasteiger charge is -2.26. The quantitative estimate of drug-likeness (QED) is 0.828. The third-order valence-corrected chi connectivity index (χ3v) is 3.05. The highest BCUT2D eigenvalue weighted by Gasteiger charge is 2.20. The average molecular weight is 241 g/mol. The molecule has 0 spiro atoms. The first kappa shape index (κ1) is 12.7. The number of anilines is 1. The van der Waals surface area contributed by atoms with E-state index in [0.29, 0.717) is 6.61 Å². The van der Waals surface area contributed by atoms with Crippen LogP contribution in [0.3, 0.4) is 0 Å². The van der Waals surface area contributed by atoms with Gasteiger partial charge in [-0.05, 0) is 37.1 Å². The van der Waals surface area contributed by atoms with Crippen LogP contribution in [-0.4, -0.2) is 0 Å². The molecule has 2 heteroatoms. The Balaban J connectivity index is 2.05. The molecule has 0 aliphatic rings. The fraction of sp³-hybridized carbons (Fsp3) is 0.250. The van der Waals surface area contributed by atoms with Gasteiger partial charge in [0.25, 0.3) is 0 Å². The average Bonchev–Trinajstić information content (AvgIpc) is 2.38. The summed E-state index contributed by atoms with van der Waals surface area (Å²) in [4.78, 5) is 0. The molecule has 2 rings (SSSR count). The molecule has 2 N–H and O–H groups in total. The standard InChI is InChI=1S/C16H19NO/c1-16(2,14-8-10-15(17)11-9-14)18-12-13-6-4-3-5-7-13/h3-11H,12,17H2,1-2H3. The molecule has 0 aliphatic carbocycles. The fourth-order valence-corrected chi connectivity index (χ4v) is 1.81. The molecule has 0 radical (unpaired) electrons. The SMILES string of the molecule is CC(C)(OCc1ccccc1)c1ccc(N)cc1. The van der Waals surface area contributed by atoms with Crippen molar-refractivity contribution < 1.29 is 4.74 Å². The number of nitrogen functional groups attached to an aromatic ring is 1. The van der Waals surface area contributed by atoms with E-state index in [0.717, 1.165) is 11.3 Å². The van der Waals surface area contributed by atoms with Gasteiger partial charge in [-0.2, -0.15) is 0 Å². The summed E-state index contributed by atoms with van der Waals surface area (Å²) in [5.74, 6) is 0. The summed E-state index contributed by atoms with van der Waals surface area (Å²) in [7, 11) is 0. The van der Waals surface area contributed by atoms with Crippen molar-refractivity contribution in [1.29, 1.82) is 0 Å². The lowest BCUT2D eigenvalue weighted by Crippen LogP contribution is -2.21. The minimum Gasteiger partial charge on any atom is -0.399 e. The van der Waals surface area contributed by atoms with Crippen molar-refractivity contribution >= 4 is 5.69 Å². The van der Waals surface area contributed by atoms with Gasteiger partial charge >= 0.3 is 0 Å². The van der Waals surface area contributed by atoms with Crippen molar-refractivity contribution in [2.24, 2.45) is 0 Å². The van der Waals surface area contributed by atoms with Crippen LogP contribution in [0.25, 0.3) is 0 Å². The molecule has 0 heterocycles. The zero-order valence-corrected chi connectivity index (χ0v) is 10.9. The van der Waals surface area contributed by atoms with Gasteiger partial charge in [-0.1, -0.05) is 42.5 Å². The van der Waals surface area contributed by atoms with Crippen LogP contribution < -0.4 is 5.73 Å². The Hall–Kier alpha value is -1.80. The Labute approximate surface area is 108 Å². The molecule has 2 nitrogen and oxygen atoms in total. The van der Waals surface area contributed by atoms with Crippen molar-refractivity contribution in [3.63, 3.8) is 0 Å². The third kappa shape index (κ3) is 3.11. The van der Waals surface area contributed by atoms with Crippen molar-refractivity contribution in [3.05, 3.63) is 65.7 Å². The van der Waals surface area contributed by atoms with Crippen LogP contribution in [0.1, 0.15) is 25.0 Å². The molecule has 0 amide bonds. The highest BCUT2D eigenvalue weighted by Crippen LogP contribution is 2.26. The molecule has 2 aromatic rings. The molecular weight excluding hydrogens is 222 g/mol. The van der Waals surface area contributed by atoms with Crippen LogP contribution in [0.5, 0.6) is 0 Å². The molecular formula is C16H19NO. The highest BCUT2D eigenvalue weighted by molar-refractivity contribution is 5.40. The number of nitrogens with two attached hydrogens (primary N) is 1. The first-order valence-corrected chi connectivity index (χ1v) is 6.12. The summed E-state index contributed by atoms with van der Waals surface area (Å²) < 4.78 is 6.00. The van der Waals surface area contributed by atoms with Crippen molar-refractivity contribution in [2.75, 3.05) is 5.73 Å². The van der Waals surface area contributed by atoms with Gasteiger partial charge in [-0.15, -0.1) is 0 Å². The van der Waals surface area contributed by atoms with Crippen LogP contribution in [-0.2, 0) is 16.9 Å². The maximum absolute atomic E-state index is 6.00. The smallest absolute Gasteiger partial charge is 0.0879 e. The van der Waals surface area contributed by atoms with Gasteiger partial charge in [-0.25, -0.2) is 0 Å². The Morgan fingerprint density at radius 1 is 0.944 bits per heavy atom. The maximum atomic E-state index is 6.00. The predicted molar refractivity (Wildman–Crippen MR) is 75.1 cm³/mol. The number of rotatable bonds is 4. The van der Waals surface area contributed by atoms with Crippen LogP contribution in [0.15, 0.2) is 54.6 Å². The highest BCUT2D eigenvalue weighted by atomic mass is 16.5. The molecule has 0 aliphatic heterocycles. The second-order valence-electron chi connectivity index (χ2n) is 4.91. The minimum atomic E-state index is -0.316. The zero-order valence-electron chi connectivity index (χ0n) is 10.9. The normalized spacial score (nSPS) is 11.4. The summed E-state index contributed by atoms with van der Waals surface area (Å²) in [5.41, 5.74) is 8.47. The van der Waals surface area contributed by atoms with Gasteiger partial charge in [0.1, 0.15) is 0 Å². The summed E-state index contributed by atoms with van der Waals surface area (Å²) in [6.07, 6.45) is 0. The lowest BCUT2D eigenvalue weighted by molar-refractivity contribution is -0.0337. The van der Waals surface area contributed by atoms with Gasteiger partial charge < -0.3 is 10.5 Å². The van der Waals surface area contributed by atoms with E-state index in [4.69, 9.17) is 10.5 Å². The molecule has 0 atom stereocenters. The van der Waals surface area contributed by atoms with Gasteiger partial charge in [0.15, 0.2) is 0 Å². The van der Waals surface area contributed by atoms with E-state index in [2.05, 4.69) is 26.0 Å². The van der Waals surface area contributed by atoms with Crippen molar-refractivity contribution in [1.82, 2.24) is 0 Å². The molecule has 0 saturated heterocycles. The van der Waals surface area contributed by atoms with Gasteiger partial charge in [0.2, 0.25) is 0 Å². The molecule has 94 valence electrons. The third-order valence-electron chi connectivity index (χ3n) is 3.05. The molecule has 0 fully saturated rings. The Kier molecular flexibility index (Phi) is 3.68. The zero-order chi connectivity index (χ0) is 13.0. The Morgan fingerprint density at radius 3 is 2.17 bits per heavy atom. The second-order valence-corrected chi connectivity index (χ2v) is 4.91. The van der Waals surface area contributed by atoms with Crippen LogP contribution in [0.2, 0.25) is 0 Å².